The Balaban J connectivity index is 1.34. The summed E-state index contributed by atoms with van der Waals surface area (Å²) in [7, 11) is 0. The molecule has 0 saturated carbocycles. The molecule has 0 aromatic heterocycles. The number of piperazine rings is 1. The molecule has 2 N–H and O–H groups in total. The van der Waals surface area contributed by atoms with E-state index in [1.165, 1.54) is 16.8 Å². The molecular weight excluding hydrogens is 372 g/mol. The predicted molar refractivity (Wildman–Crippen MR) is 124 cm³/mol. The van der Waals surface area contributed by atoms with Gasteiger partial charge in [-0.3, -0.25) is 9.69 Å². The maximum Gasteiger partial charge on any atom is 0.222 e. The number of amides is 1. The highest BCUT2D eigenvalue weighted by atomic mass is 16.2. The summed E-state index contributed by atoms with van der Waals surface area (Å²) < 4.78 is 0. The van der Waals surface area contributed by atoms with E-state index >= 15 is 0 Å². The molecule has 1 amide bonds. The first-order valence-electron chi connectivity index (χ1n) is 11.3. The number of nitrogen functional groups attached to an aromatic ring is 1. The van der Waals surface area contributed by atoms with Crippen LogP contribution in [0.25, 0.3) is 0 Å². The number of fused-ring (bicyclic) bond motifs is 1. The summed E-state index contributed by atoms with van der Waals surface area (Å²) in [6.45, 7) is 7.93. The van der Waals surface area contributed by atoms with Crippen molar-refractivity contribution in [2.24, 2.45) is 0 Å². The Kier molecular flexibility index (Phi) is 6.58. The number of hydrogen-bond acceptors (Lipinski definition) is 4. The fourth-order valence-electron chi connectivity index (χ4n) is 4.86. The second-order valence-corrected chi connectivity index (χ2v) is 8.53. The van der Waals surface area contributed by atoms with Crippen molar-refractivity contribution in [1.29, 1.82) is 0 Å². The van der Waals surface area contributed by atoms with Crippen LogP contribution < -0.4 is 10.6 Å². The van der Waals surface area contributed by atoms with Crippen LogP contribution in [0.15, 0.2) is 48.5 Å². The summed E-state index contributed by atoms with van der Waals surface area (Å²) in [5, 5.41) is 0. The fraction of sp³-hybridized carbons (Fsp3) is 0.480. The molecule has 1 saturated heterocycles. The second kappa shape index (κ2) is 9.52. The van der Waals surface area contributed by atoms with Crippen LogP contribution in [0, 0.1) is 0 Å². The SMILES string of the molecule is CCC(=O)N(CCN1CCN(c2ccccc2)CC1)C1CCc2ccc(N)cc2C1. The van der Waals surface area contributed by atoms with Crippen LogP contribution in [0.2, 0.25) is 0 Å². The number of nitrogens with two attached hydrogens (primary N) is 1. The monoisotopic (exact) mass is 406 g/mol. The molecule has 2 aromatic rings. The van der Waals surface area contributed by atoms with E-state index in [4.69, 9.17) is 5.73 Å². The van der Waals surface area contributed by atoms with Crippen molar-refractivity contribution < 1.29 is 4.79 Å². The Labute approximate surface area is 180 Å². The highest BCUT2D eigenvalue weighted by molar-refractivity contribution is 5.76. The van der Waals surface area contributed by atoms with Gasteiger partial charge < -0.3 is 15.5 Å². The number of carbonyl (C=O) groups is 1. The molecule has 1 heterocycles. The molecule has 30 heavy (non-hydrogen) atoms. The van der Waals surface area contributed by atoms with E-state index in [2.05, 4.69) is 57.2 Å². The molecule has 1 atom stereocenters. The number of hydrogen-bond donors (Lipinski definition) is 1. The number of benzene rings is 2. The van der Waals surface area contributed by atoms with Crippen LogP contribution in [0.5, 0.6) is 0 Å². The minimum Gasteiger partial charge on any atom is -0.399 e. The Morgan fingerprint density at radius 3 is 2.57 bits per heavy atom. The van der Waals surface area contributed by atoms with Gasteiger partial charge >= 0.3 is 0 Å². The summed E-state index contributed by atoms with van der Waals surface area (Å²) in [5.74, 6) is 0.273. The molecule has 1 aliphatic carbocycles. The number of rotatable bonds is 6. The Morgan fingerprint density at radius 1 is 1.07 bits per heavy atom. The third-order valence-electron chi connectivity index (χ3n) is 6.65. The molecule has 160 valence electrons. The number of aryl methyl sites for hydroxylation is 1. The van der Waals surface area contributed by atoms with Gasteiger partial charge in [-0.2, -0.15) is 0 Å². The molecule has 1 fully saturated rings. The summed E-state index contributed by atoms with van der Waals surface area (Å²) in [4.78, 5) is 19.9. The van der Waals surface area contributed by atoms with Crippen LogP contribution >= 0.6 is 0 Å². The van der Waals surface area contributed by atoms with Crippen molar-refractivity contribution in [3.63, 3.8) is 0 Å². The molecule has 2 aromatic carbocycles. The molecule has 5 nitrogen and oxygen atoms in total. The number of para-hydroxylation sites is 1. The Morgan fingerprint density at radius 2 is 1.83 bits per heavy atom. The van der Waals surface area contributed by atoms with Gasteiger partial charge in [-0.05, 0) is 54.7 Å². The average molecular weight is 407 g/mol. The van der Waals surface area contributed by atoms with E-state index in [1.54, 1.807) is 0 Å². The summed E-state index contributed by atoms with van der Waals surface area (Å²) in [6, 6.07) is 17.2. The van der Waals surface area contributed by atoms with Crippen molar-refractivity contribution in [2.75, 3.05) is 49.9 Å². The van der Waals surface area contributed by atoms with Gasteiger partial charge in [0, 0.05) is 63.1 Å². The quantitative estimate of drug-likeness (QED) is 0.749. The van der Waals surface area contributed by atoms with Crippen LogP contribution in [-0.4, -0.2) is 61.0 Å². The van der Waals surface area contributed by atoms with Gasteiger partial charge in [0.05, 0.1) is 0 Å². The van der Waals surface area contributed by atoms with Crippen LogP contribution in [0.1, 0.15) is 30.9 Å². The molecular formula is C25H34N4O. The molecule has 0 radical (unpaired) electrons. The standard InChI is InChI=1S/C25H34N4O/c1-2-25(30)29(24-11-9-20-8-10-22(26)18-21(20)19-24)17-14-27-12-15-28(16-13-27)23-6-4-3-5-7-23/h3-8,10,18,24H,2,9,11-17,19,26H2,1H3. The third kappa shape index (κ3) is 4.78. The van der Waals surface area contributed by atoms with E-state index in [9.17, 15) is 4.79 Å². The van der Waals surface area contributed by atoms with Crippen LogP contribution in [0.4, 0.5) is 11.4 Å². The van der Waals surface area contributed by atoms with Gasteiger partial charge in [0.2, 0.25) is 5.91 Å². The van der Waals surface area contributed by atoms with Gasteiger partial charge in [0.1, 0.15) is 0 Å². The highest BCUT2D eigenvalue weighted by Crippen LogP contribution is 2.27. The molecule has 1 aliphatic heterocycles. The molecule has 2 aliphatic rings. The number of anilines is 2. The second-order valence-electron chi connectivity index (χ2n) is 8.53. The van der Waals surface area contributed by atoms with E-state index < -0.39 is 0 Å². The van der Waals surface area contributed by atoms with Crippen molar-refractivity contribution in [1.82, 2.24) is 9.80 Å². The topological polar surface area (TPSA) is 52.8 Å². The zero-order chi connectivity index (χ0) is 20.9. The lowest BCUT2D eigenvalue weighted by Crippen LogP contribution is -2.51. The highest BCUT2D eigenvalue weighted by Gasteiger charge is 2.28. The van der Waals surface area contributed by atoms with Gasteiger partial charge in [-0.1, -0.05) is 31.2 Å². The van der Waals surface area contributed by atoms with Crippen molar-refractivity contribution in [3.8, 4) is 0 Å². The van der Waals surface area contributed by atoms with E-state index in [0.717, 1.165) is 64.2 Å². The molecule has 1 unspecified atom stereocenters. The van der Waals surface area contributed by atoms with Crippen LogP contribution in [0.3, 0.4) is 0 Å². The van der Waals surface area contributed by atoms with Gasteiger partial charge in [-0.15, -0.1) is 0 Å². The first-order chi connectivity index (χ1) is 14.6. The van der Waals surface area contributed by atoms with E-state index in [-0.39, 0.29) is 11.9 Å². The van der Waals surface area contributed by atoms with Gasteiger partial charge in [0.25, 0.3) is 0 Å². The number of carbonyl (C=O) groups excluding carboxylic acids is 1. The normalized spacial score (nSPS) is 19.4. The largest absolute Gasteiger partial charge is 0.399 e. The fourth-order valence-corrected chi connectivity index (χ4v) is 4.86. The van der Waals surface area contributed by atoms with E-state index in [1.807, 2.05) is 13.0 Å². The van der Waals surface area contributed by atoms with Gasteiger partial charge in [-0.25, -0.2) is 0 Å². The zero-order valence-electron chi connectivity index (χ0n) is 18.1. The lowest BCUT2D eigenvalue weighted by atomic mass is 9.87. The maximum absolute atomic E-state index is 12.8. The lowest BCUT2D eigenvalue weighted by Gasteiger charge is -2.39. The smallest absolute Gasteiger partial charge is 0.222 e. The average Bonchev–Trinajstić information content (AvgIpc) is 2.79. The van der Waals surface area contributed by atoms with Gasteiger partial charge in [0.15, 0.2) is 0 Å². The Hall–Kier alpha value is -2.53. The number of nitrogens with zero attached hydrogens (tertiary/aromatic N) is 3. The first kappa shape index (κ1) is 20.7. The lowest BCUT2D eigenvalue weighted by molar-refractivity contribution is -0.133. The minimum absolute atomic E-state index is 0.273. The molecule has 0 bridgehead atoms. The molecule has 4 rings (SSSR count). The Bertz CT molecular complexity index is 845. The molecule has 0 spiro atoms. The third-order valence-corrected chi connectivity index (χ3v) is 6.65. The summed E-state index contributed by atoms with van der Waals surface area (Å²) >= 11 is 0. The minimum atomic E-state index is 0.273. The zero-order valence-corrected chi connectivity index (χ0v) is 18.1. The van der Waals surface area contributed by atoms with Crippen LogP contribution in [-0.2, 0) is 17.6 Å². The first-order valence-corrected chi connectivity index (χ1v) is 11.3. The summed E-state index contributed by atoms with van der Waals surface area (Å²) in [6.07, 6.45) is 3.57. The molecule has 5 heteroatoms. The summed E-state index contributed by atoms with van der Waals surface area (Å²) in [5.41, 5.74) is 10.8. The maximum atomic E-state index is 12.8. The van der Waals surface area contributed by atoms with Crippen molar-refractivity contribution in [3.05, 3.63) is 59.7 Å². The van der Waals surface area contributed by atoms with Crippen molar-refractivity contribution >= 4 is 17.3 Å². The predicted octanol–water partition coefficient (Wildman–Crippen LogP) is 3.19. The van der Waals surface area contributed by atoms with E-state index in [0.29, 0.717) is 6.42 Å². The van der Waals surface area contributed by atoms with Crippen molar-refractivity contribution in [2.45, 2.75) is 38.6 Å².